The molecule has 0 amide bonds. The number of guanidine groups is 1. The quantitative estimate of drug-likeness (QED) is 0.572. The average molecular weight is 408 g/mol. The average Bonchev–Trinajstić information content (AvgIpc) is 2.65. The zero-order valence-electron chi connectivity index (χ0n) is 15.1. The zero-order chi connectivity index (χ0) is 20.1. The highest BCUT2D eigenvalue weighted by molar-refractivity contribution is 7.90. The van der Waals surface area contributed by atoms with Gasteiger partial charge in [-0.1, -0.05) is 12.1 Å². The van der Waals surface area contributed by atoms with Gasteiger partial charge in [0.05, 0.1) is 7.11 Å². The number of alkyl halides is 3. The fraction of sp³-hybridized carbons (Fsp3) is 0.562. The van der Waals surface area contributed by atoms with Crippen LogP contribution in [0.2, 0.25) is 0 Å². The van der Waals surface area contributed by atoms with Crippen molar-refractivity contribution in [2.45, 2.75) is 30.9 Å². The van der Waals surface area contributed by atoms with Gasteiger partial charge in [-0.3, -0.25) is 4.99 Å². The van der Waals surface area contributed by atoms with Crippen LogP contribution in [0.15, 0.2) is 29.3 Å². The van der Waals surface area contributed by atoms with E-state index < -0.39 is 15.5 Å². The zero-order valence-corrected chi connectivity index (χ0v) is 15.9. The fourth-order valence-electron chi connectivity index (χ4n) is 2.70. The molecule has 0 radical (unpaired) electrons. The topological polar surface area (TPSA) is 83.0 Å². The molecule has 152 valence electrons. The summed E-state index contributed by atoms with van der Waals surface area (Å²) >= 11 is 0. The van der Waals surface area contributed by atoms with Crippen molar-refractivity contribution in [1.82, 2.24) is 14.9 Å². The molecule has 1 fully saturated rings. The molecule has 1 aromatic rings. The molecule has 1 saturated heterocycles. The first-order valence-corrected chi connectivity index (χ1v) is 9.78. The number of sulfonamides is 1. The summed E-state index contributed by atoms with van der Waals surface area (Å²) < 4.78 is 66.3. The Balaban J connectivity index is 1.84. The van der Waals surface area contributed by atoms with E-state index in [0.717, 1.165) is 11.3 Å². The van der Waals surface area contributed by atoms with E-state index in [9.17, 15) is 21.6 Å². The van der Waals surface area contributed by atoms with Gasteiger partial charge in [0.25, 0.3) is 0 Å². The lowest BCUT2D eigenvalue weighted by atomic mass is 10.1. The summed E-state index contributed by atoms with van der Waals surface area (Å²) in [7, 11) is -2.08. The van der Waals surface area contributed by atoms with Crippen molar-refractivity contribution in [2.75, 3.05) is 27.2 Å². The molecule has 0 unspecified atom stereocenters. The van der Waals surface area contributed by atoms with Crippen molar-refractivity contribution in [3.8, 4) is 5.75 Å². The molecule has 0 aliphatic carbocycles. The monoisotopic (exact) mass is 408 g/mol. The number of piperidine rings is 1. The molecular weight excluding hydrogens is 385 g/mol. The number of aliphatic imine (C=N–C) groups is 1. The Bertz CT molecular complexity index is 743. The van der Waals surface area contributed by atoms with Crippen LogP contribution in [-0.4, -0.2) is 57.5 Å². The first-order chi connectivity index (χ1) is 12.7. The maximum atomic E-state index is 12.6. The predicted molar refractivity (Wildman–Crippen MR) is 95.9 cm³/mol. The van der Waals surface area contributed by atoms with Gasteiger partial charge in [0.2, 0.25) is 0 Å². The second-order valence-electron chi connectivity index (χ2n) is 6.04. The van der Waals surface area contributed by atoms with Crippen LogP contribution in [0.3, 0.4) is 0 Å². The van der Waals surface area contributed by atoms with E-state index >= 15 is 0 Å². The molecule has 1 aliphatic heterocycles. The van der Waals surface area contributed by atoms with Crippen LogP contribution < -0.4 is 15.4 Å². The molecule has 0 spiro atoms. The molecule has 1 heterocycles. The Hall–Kier alpha value is -2.01. The standard InChI is InChI=1S/C16H23F3N4O3S/c1-20-15(21-11-12-3-5-14(26-2)6-4-12)22-13-7-9-23(10-8-13)27(24,25)16(17,18)19/h3-6,13H,7-11H2,1-2H3,(H2,20,21,22). The number of benzene rings is 1. The Morgan fingerprint density at radius 3 is 2.33 bits per heavy atom. The lowest BCUT2D eigenvalue weighted by Gasteiger charge is -2.32. The van der Waals surface area contributed by atoms with E-state index in [-0.39, 0.29) is 32.0 Å². The molecule has 1 aromatic carbocycles. The summed E-state index contributed by atoms with van der Waals surface area (Å²) in [6.45, 7) is 0.134. The van der Waals surface area contributed by atoms with Crippen LogP contribution in [0.1, 0.15) is 18.4 Å². The minimum absolute atomic E-state index is 0.160. The highest BCUT2D eigenvalue weighted by atomic mass is 32.2. The van der Waals surface area contributed by atoms with Crippen molar-refractivity contribution in [3.05, 3.63) is 29.8 Å². The molecule has 0 saturated carbocycles. The number of hydrogen-bond acceptors (Lipinski definition) is 4. The number of halogens is 3. The minimum Gasteiger partial charge on any atom is -0.497 e. The molecule has 0 aromatic heterocycles. The first kappa shape index (κ1) is 21.3. The fourth-order valence-corrected chi connectivity index (χ4v) is 3.69. The van der Waals surface area contributed by atoms with Gasteiger partial charge in [0.1, 0.15) is 5.75 Å². The second-order valence-corrected chi connectivity index (χ2v) is 7.97. The minimum atomic E-state index is -5.26. The van der Waals surface area contributed by atoms with Crippen LogP contribution in [-0.2, 0) is 16.6 Å². The van der Waals surface area contributed by atoms with Gasteiger partial charge < -0.3 is 15.4 Å². The largest absolute Gasteiger partial charge is 0.511 e. The molecule has 2 rings (SSSR count). The van der Waals surface area contributed by atoms with Crippen molar-refractivity contribution >= 4 is 16.0 Å². The third-order valence-corrected chi connectivity index (χ3v) is 5.90. The molecule has 11 heteroatoms. The summed E-state index contributed by atoms with van der Waals surface area (Å²) in [4.78, 5) is 4.10. The maximum absolute atomic E-state index is 12.6. The molecule has 7 nitrogen and oxygen atoms in total. The predicted octanol–water partition coefficient (Wildman–Crippen LogP) is 1.67. The van der Waals surface area contributed by atoms with Gasteiger partial charge in [-0.05, 0) is 30.5 Å². The van der Waals surface area contributed by atoms with Crippen LogP contribution in [0.25, 0.3) is 0 Å². The van der Waals surface area contributed by atoms with Crippen molar-refractivity contribution in [1.29, 1.82) is 0 Å². The third kappa shape index (κ3) is 5.48. The number of rotatable bonds is 5. The molecule has 0 atom stereocenters. The summed E-state index contributed by atoms with van der Waals surface area (Å²) in [5.74, 6) is 1.25. The van der Waals surface area contributed by atoms with Crippen LogP contribution in [0.4, 0.5) is 13.2 Å². The van der Waals surface area contributed by atoms with E-state index in [1.165, 1.54) is 0 Å². The lowest BCUT2D eigenvalue weighted by Crippen LogP contribution is -2.51. The smallest absolute Gasteiger partial charge is 0.497 e. The Morgan fingerprint density at radius 2 is 1.85 bits per heavy atom. The van der Waals surface area contributed by atoms with E-state index in [2.05, 4.69) is 15.6 Å². The molecular formula is C16H23F3N4O3S. The van der Waals surface area contributed by atoms with Gasteiger partial charge in [-0.25, -0.2) is 8.42 Å². The van der Waals surface area contributed by atoms with Crippen LogP contribution >= 0.6 is 0 Å². The molecule has 1 aliphatic rings. The Morgan fingerprint density at radius 1 is 1.26 bits per heavy atom. The molecule has 27 heavy (non-hydrogen) atoms. The lowest BCUT2D eigenvalue weighted by molar-refractivity contribution is -0.0494. The summed E-state index contributed by atoms with van der Waals surface area (Å²) in [6, 6.07) is 7.32. The highest BCUT2D eigenvalue weighted by Gasteiger charge is 2.50. The van der Waals surface area contributed by atoms with E-state index in [1.807, 2.05) is 24.3 Å². The highest BCUT2D eigenvalue weighted by Crippen LogP contribution is 2.28. The van der Waals surface area contributed by atoms with E-state index in [4.69, 9.17) is 4.74 Å². The number of methoxy groups -OCH3 is 1. The van der Waals surface area contributed by atoms with Gasteiger partial charge >= 0.3 is 15.5 Å². The van der Waals surface area contributed by atoms with Crippen molar-refractivity contribution in [3.63, 3.8) is 0 Å². The summed E-state index contributed by atoms with van der Waals surface area (Å²) in [5.41, 5.74) is -4.26. The van der Waals surface area contributed by atoms with Crippen molar-refractivity contribution < 1.29 is 26.3 Å². The van der Waals surface area contributed by atoms with Gasteiger partial charge in [0, 0.05) is 32.7 Å². The van der Waals surface area contributed by atoms with Gasteiger partial charge in [-0.15, -0.1) is 0 Å². The number of nitrogens with one attached hydrogen (secondary N) is 2. The van der Waals surface area contributed by atoms with Crippen LogP contribution in [0, 0.1) is 0 Å². The van der Waals surface area contributed by atoms with Gasteiger partial charge in [-0.2, -0.15) is 17.5 Å². The summed E-state index contributed by atoms with van der Waals surface area (Å²) in [6.07, 6.45) is 0.525. The molecule has 2 N–H and O–H groups in total. The third-order valence-electron chi connectivity index (χ3n) is 4.27. The summed E-state index contributed by atoms with van der Waals surface area (Å²) in [5, 5.41) is 6.24. The van der Waals surface area contributed by atoms with Crippen LogP contribution in [0.5, 0.6) is 5.75 Å². The Labute approximate surface area is 156 Å². The maximum Gasteiger partial charge on any atom is 0.511 e. The van der Waals surface area contributed by atoms with E-state index in [0.29, 0.717) is 16.8 Å². The van der Waals surface area contributed by atoms with E-state index in [1.54, 1.807) is 14.2 Å². The van der Waals surface area contributed by atoms with Crippen molar-refractivity contribution in [2.24, 2.45) is 4.99 Å². The second kappa shape index (κ2) is 8.79. The number of ether oxygens (including phenoxy) is 1. The number of hydrogen-bond donors (Lipinski definition) is 2. The molecule has 0 bridgehead atoms. The Kier molecular flexibility index (Phi) is 6.93. The normalized spacial score (nSPS) is 17.6. The first-order valence-electron chi connectivity index (χ1n) is 8.34. The SMILES string of the molecule is CN=C(NCc1ccc(OC)cc1)NC1CCN(S(=O)(=O)C(F)(F)F)CC1. The van der Waals surface area contributed by atoms with Gasteiger partial charge in [0.15, 0.2) is 5.96 Å². The number of nitrogens with zero attached hydrogens (tertiary/aromatic N) is 2.